The van der Waals surface area contributed by atoms with Crippen molar-refractivity contribution in [3.63, 3.8) is 0 Å². The zero-order valence-electron chi connectivity index (χ0n) is 9.89. The fourth-order valence-electron chi connectivity index (χ4n) is 1.69. The van der Waals surface area contributed by atoms with Crippen LogP contribution in [0.5, 0.6) is 0 Å². The van der Waals surface area contributed by atoms with Crippen LogP contribution in [0.4, 0.5) is 11.5 Å². The average molecular weight is 231 g/mol. The number of pyridine rings is 1. The normalized spacial score (nSPS) is 12.3. The maximum atomic E-state index is 5.77. The molecule has 0 spiro atoms. The Morgan fingerprint density at radius 2 is 2.29 bits per heavy atom. The minimum Gasteiger partial charge on any atom is -0.469 e. The van der Waals surface area contributed by atoms with E-state index in [1.165, 1.54) is 0 Å². The fourth-order valence-corrected chi connectivity index (χ4v) is 1.69. The van der Waals surface area contributed by atoms with Crippen LogP contribution in [0.1, 0.15) is 19.1 Å². The molecule has 90 valence electrons. The second kappa shape index (κ2) is 5.39. The van der Waals surface area contributed by atoms with Gasteiger partial charge in [-0.2, -0.15) is 0 Å². The van der Waals surface area contributed by atoms with Crippen LogP contribution in [0, 0.1) is 0 Å². The quantitative estimate of drug-likeness (QED) is 0.830. The predicted octanol–water partition coefficient (Wildman–Crippen LogP) is 2.69. The number of nitrogens with zero attached hydrogens (tertiary/aromatic N) is 1. The monoisotopic (exact) mass is 231 g/mol. The number of nitrogen functional groups attached to an aromatic ring is 1. The largest absolute Gasteiger partial charge is 0.469 e. The third kappa shape index (κ3) is 3.24. The number of rotatable bonds is 5. The second-order valence-corrected chi connectivity index (χ2v) is 4.10. The molecule has 2 heterocycles. The molecule has 17 heavy (non-hydrogen) atoms. The van der Waals surface area contributed by atoms with Crippen LogP contribution < -0.4 is 11.1 Å². The number of hydrogen-bond acceptors (Lipinski definition) is 4. The summed E-state index contributed by atoms with van der Waals surface area (Å²) in [5.41, 5.74) is 6.66. The molecule has 0 aliphatic rings. The van der Waals surface area contributed by atoms with Crippen molar-refractivity contribution in [1.29, 1.82) is 0 Å². The van der Waals surface area contributed by atoms with Gasteiger partial charge in [0.1, 0.15) is 11.6 Å². The summed E-state index contributed by atoms with van der Waals surface area (Å²) >= 11 is 0. The average Bonchev–Trinajstić information content (AvgIpc) is 2.82. The van der Waals surface area contributed by atoms with Gasteiger partial charge in [-0.1, -0.05) is 0 Å². The first-order chi connectivity index (χ1) is 8.25. The summed E-state index contributed by atoms with van der Waals surface area (Å²) in [6.07, 6.45) is 5.30. The lowest BCUT2D eigenvalue weighted by Gasteiger charge is -2.15. The Morgan fingerprint density at radius 3 is 3.00 bits per heavy atom. The van der Waals surface area contributed by atoms with Crippen LogP contribution >= 0.6 is 0 Å². The first-order valence-corrected chi connectivity index (χ1v) is 5.75. The number of aromatic nitrogens is 1. The van der Waals surface area contributed by atoms with Gasteiger partial charge >= 0.3 is 0 Å². The van der Waals surface area contributed by atoms with Crippen LogP contribution in [0.2, 0.25) is 0 Å². The van der Waals surface area contributed by atoms with Crippen molar-refractivity contribution in [3.8, 4) is 0 Å². The van der Waals surface area contributed by atoms with Gasteiger partial charge in [-0.3, -0.25) is 0 Å². The highest BCUT2D eigenvalue weighted by molar-refractivity contribution is 5.61. The Hall–Kier alpha value is -1.97. The summed E-state index contributed by atoms with van der Waals surface area (Å²) < 4.78 is 5.29. The third-order valence-corrected chi connectivity index (χ3v) is 2.64. The molecular weight excluding hydrogens is 214 g/mol. The number of nitrogens with one attached hydrogen (secondary N) is 1. The van der Waals surface area contributed by atoms with Gasteiger partial charge in [0.15, 0.2) is 0 Å². The van der Waals surface area contributed by atoms with Crippen molar-refractivity contribution in [1.82, 2.24) is 4.98 Å². The molecule has 2 aromatic rings. The van der Waals surface area contributed by atoms with Crippen LogP contribution in [-0.2, 0) is 6.42 Å². The van der Waals surface area contributed by atoms with Crippen molar-refractivity contribution in [3.05, 3.63) is 42.5 Å². The van der Waals surface area contributed by atoms with E-state index in [9.17, 15) is 0 Å². The van der Waals surface area contributed by atoms with Crippen molar-refractivity contribution in [2.24, 2.45) is 0 Å². The highest BCUT2D eigenvalue weighted by Gasteiger charge is 2.06. The Labute approximate surface area is 101 Å². The van der Waals surface area contributed by atoms with Crippen LogP contribution in [0.3, 0.4) is 0 Å². The van der Waals surface area contributed by atoms with Crippen molar-refractivity contribution < 1.29 is 4.42 Å². The van der Waals surface area contributed by atoms with Gasteiger partial charge in [0.25, 0.3) is 0 Å². The van der Waals surface area contributed by atoms with E-state index >= 15 is 0 Å². The molecule has 0 radical (unpaired) electrons. The maximum Gasteiger partial charge on any atom is 0.146 e. The van der Waals surface area contributed by atoms with E-state index in [4.69, 9.17) is 10.2 Å². The van der Waals surface area contributed by atoms with E-state index in [-0.39, 0.29) is 0 Å². The van der Waals surface area contributed by atoms with E-state index in [0.717, 1.165) is 24.3 Å². The second-order valence-electron chi connectivity index (χ2n) is 4.10. The SMILES string of the molecule is CC(CCc1ccco1)Nc1cccnc1N. The lowest BCUT2D eigenvalue weighted by atomic mass is 10.1. The zero-order valence-corrected chi connectivity index (χ0v) is 9.89. The molecular formula is C13H17N3O. The zero-order chi connectivity index (χ0) is 12.1. The topological polar surface area (TPSA) is 64.1 Å². The molecule has 0 fully saturated rings. The minimum absolute atomic E-state index is 0.326. The first kappa shape index (κ1) is 11.5. The molecule has 0 aromatic carbocycles. The predicted molar refractivity (Wildman–Crippen MR) is 68.8 cm³/mol. The molecule has 1 unspecified atom stereocenters. The molecule has 0 bridgehead atoms. The smallest absolute Gasteiger partial charge is 0.146 e. The highest BCUT2D eigenvalue weighted by Crippen LogP contribution is 2.16. The van der Waals surface area contributed by atoms with Crippen LogP contribution in [0.25, 0.3) is 0 Å². The number of furan rings is 1. The van der Waals surface area contributed by atoms with Gasteiger partial charge in [-0.15, -0.1) is 0 Å². The van der Waals surface area contributed by atoms with Gasteiger partial charge in [-0.05, 0) is 37.6 Å². The Balaban J connectivity index is 1.85. The van der Waals surface area contributed by atoms with E-state index in [1.54, 1.807) is 12.5 Å². The standard InChI is InChI=1S/C13H17N3O/c1-10(6-7-11-4-3-9-17-11)16-12-5-2-8-15-13(12)14/h2-5,8-10,16H,6-7H2,1H3,(H2,14,15). The summed E-state index contributed by atoms with van der Waals surface area (Å²) in [6, 6.07) is 8.04. The van der Waals surface area contributed by atoms with Gasteiger partial charge in [-0.25, -0.2) is 4.98 Å². The van der Waals surface area contributed by atoms with Crippen LogP contribution in [-0.4, -0.2) is 11.0 Å². The summed E-state index contributed by atoms with van der Waals surface area (Å²) in [7, 11) is 0. The Kier molecular flexibility index (Phi) is 3.65. The minimum atomic E-state index is 0.326. The van der Waals surface area contributed by atoms with E-state index < -0.39 is 0 Å². The molecule has 4 heteroatoms. The van der Waals surface area contributed by atoms with Crippen molar-refractivity contribution in [2.75, 3.05) is 11.1 Å². The van der Waals surface area contributed by atoms with E-state index in [2.05, 4.69) is 17.2 Å². The summed E-state index contributed by atoms with van der Waals surface area (Å²) in [6.45, 7) is 2.12. The number of hydrogen-bond donors (Lipinski definition) is 2. The van der Waals surface area contributed by atoms with E-state index in [0.29, 0.717) is 11.9 Å². The number of aryl methyl sites for hydroxylation is 1. The molecule has 0 aliphatic carbocycles. The highest BCUT2D eigenvalue weighted by atomic mass is 16.3. The molecule has 1 atom stereocenters. The lowest BCUT2D eigenvalue weighted by molar-refractivity contribution is 0.495. The maximum absolute atomic E-state index is 5.77. The van der Waals surface area contributed by atoms with Crippen molar-refractivity contribution >= 4 is 11.5 Å². The number of anilines is 2. The Morgan fingerprint density at radius 1 is 1.41 bits per heavy atom. The molecule has 0 aliphatic heterocycles. The molecule has 3 N–H and O–H groups in total. The van der Waals surface area contributed by atoms with Crippen LogP contribution in [0.15, 0.2) is 41.1 Å². The summed E-state index contributed by atoms with van der Waals surface area (Å²) in [5.74, 6) is 1.55. The summed E-state index contributed by atoms with van der Waals surface area (Å²) in [5, 5.41) is 3.34. The van der Waals surface area contributed by atoms with Gasteiger partial charge in [0.2, 0.25) is 0 Å². The summed E-state index contributed by atoms with van der Waals surface area (Å²) in [4.78, 5) is 4.04. The van der Waals surface area contributed by atoms with Crippen molar-refractivity contribution in [2.45, 2.75) is 25.8 Å². The molecule has 0 saturated carbocycles. The third-order valence-electron chi connectivity index (χ3n) is 2.64. The molecule has 2 rings (SSSR count). The molecule has 0 amide bonds. The number of nitrogens with two attached hydrogens (primary N) is 1. The molecule has 4 nitrogen and oxygen atoms in total. The van der Waals surface area contributed by atoms with Gasteiger partial charge in [0, 0.05) is 18.7 Å². The molecule has 0 saturated heterocycles. The molecule has 2 aromatic heterocycles. The fraction of sp³-hybridized carbons (Fsp3) is 0.308. The van der Waals surface area contributed by atoms with E-state index in [1.807, 2.05) is 24.3 Å². The Bertz CT molecular complexity index is 453. The van der Waals surface area contributed by atoms with Gasteiger partial charge < -0.3 is 15.5 Å². The lowest BCUT2D eigenvalue weighted by Crippen LogP contribution is -2.17. The van der Waals surface area contributed by atoms with Gasteiger partial charge in [0.05, 0.1) is 12.0 Å². The first-order valence-electron chi connectivity index (χ1n) is 5.75.